The fourth-order valence-electron chi connectivity index (χ4n) is 4.70. The SMILES string of the molecule is CCCCCCCCCCCC(=O)[O-].CCCCCCCCCCCC(=O)[O-].c1ccc([CH2][Sn+2][CH2]c2ccccc2)cc1. The third-order valence-electron chi connectivity index (χ3n) is 7.31. The molecular formula is C38H60O4Sn. The standard InChI is InChI=1S/2C12H24O2.2C7H7.Sn/c2*1-2-3-4-5-6-7-8-9-10-11-12(13)14;2*1-7-5-3-2-4-6-7;/h2*2-11H2,1H3,(H,13,14);2*2-6H,1H2;/q;;;;+2/p-2. The number of carboxylic acids is 2. The van der Waals surface area contributed by atoms with Crippen molar-refractivity contribution in [3.8, 4) is 0 Å². The number of hydrogen-bond donors (Lipinski definition) is 0. The van der Waals surface area contributed by atoms with Crippen LogP contribution in [-0.2, 0) is 18.5 Å². The number of rotatable bonds is 24. The van der Waals surface area contributed by atoms with Crippen molar-refractivity contribution >= 4 is 33.1 Å². The van der Waals surface area contributed by atoms with Gasteiger partial charge in [0.15, 0.2) is 0 Å². The molecular weight excluding hydrogens is 639 g/mol. The Hall–Kier alpha value is -1.82. The Morgan fingerprint density at radius 1 is 0.465 bits per heavy atom. The van der Waals surface area contributed by atoms with Crippen LogP contribution < -0.4 is 10.2 Å². The van der Waals surface area contributed by atoms with Crippen LogP contribution in [0.4, 0.5) is 0 Å². The van der Waals surface area contributed by atoms with E-state index in [1.807, 2.05) is 0 Å². The molecule has 0 atom stereocenters. The number of carboxylic acid groups (broad SMARTS) is 2. The predicted molar refractivity (Wildman–Crippen MR) is 180 cm³/mol. The van der Waals surface area contributed by atoms with Crippen LogP contribution in [-0.4, -0.2) is 33.1 Å². The summed E-state index contributed by atoms with van der Waals surface area (Å²) in [5.74, 6) is -1.82. The fraction of sp³-hybridized carbons (Fsp3) is 0.632. The zero-order valence-corrected chi connectivity index (χ0v) is 30.3. The molecule has 5 heteroatoms. The third-order valence-corrected chi connectivity index (χ3v) is 11.1. The van der Waals surface area contributed by atoms with Gasteiger partial charge in [-0.3, -0.25) is 0 Å². The maximum atomic E-state index is 10.1. The number of unbranched alkanes of at least 4 members (excludes halogenated alkanes) is 16. The first-order chi connectivity index (χ1) is 21.0. The summed E-state index contributed by atoms with van der Waals surface area (Å²) >= 11 is -0.258. The van der Waals surface area contributed by atoms with Gasteiger partial charge in [0.05, 0.1) is 0 Å². The molecule has 0 bridgehead atoms. The second-order valence-corrected chi connectivity index (χ2v) is 14.9. The van der Waals surface area contributed by atoms with Gasteiger partial charge in [0.1, 0.15) is 0 Å². The number of carbonyl (C=O) groups excluding carboxylic acids is 2. The van der Waals surface area contributed by atoms with Crippen molar-refractivity contribution < 1.29 is 19.8 Å². The van der Waals surface area contributed by atoms with Gasteiger partial charge >= 0.3 is 102 Å². The molecule has 0 fully saturated rings. The molecule has 0 aromatic heterocycles. The van der Waals surface area contributed by atoms with Gasteiger partial charge in [0.25, 0.3) is 0 Å². The molecule has 0 radical (unpaired) electrons. The zero-order chi connectivity index (χ0) is 31.6. The Bertz CT molecular complexity index is 785. The van der Waals surface area contributed by atoms with Gasteiger partial charge in [0, 0.05) is 11.9 Å². The van der Waals surface area contributed by atoms with Gasteiger partial charge in [-0.05, 0) is 25.7 Å². The van der Waals surface area contributed by atoms with Crippen LogP contribution in [0.1, 0.15) is 153 Å². The second-order valence-electron chi connectivity index (χ2n) is 11.5. The van der Waals surface area contributed by atoms with Crippen LogP contribution in [0.2, 0.25) is 0 Å². The number of carbonyl (C=O) groups is 2. The summed E-state index contributed by atoms with van der Waals surface area (Å²) in [6.45, 7) is 4.44. The van der Waals surface area contributed by atoms with Crippen molar-refractivity contribution in [1.29, 1.82) is 0 Å². The van der Waals surface area contributed by atoms with Gasteiger partial charge < -0.3 is 19.8 Å². The molecule has 0 unspecified atom stereocenters. The van der Waals surface area contributed by atoms with Gasteiger partial charge in [-0.25, -0.2) is 0 Å². The molecule has 0 saturated heterocycles. The number of benzene rings is 2. The van der Waals surface area contributed by atoms with Gasteiger partial charge in [-0.2, -0.15) is 0 Å². The summed E-state index contributed by atoms with van der Waals surface area (Å²) in [6, 6.07) is 21.7. The molecule has 0 heterocycles. The van der Waals surface area contributed by atoms with Gasteiger partial charge in [-0.1, -0.05) is 117 Å². The first-order valence-corrected chi connectivity index (χ1v) is 21.2. The Labute approximate surface area is 274 Å². The topological polar surface area (TPSA) is 80.3 Å². The quantitative estimate of drug-likeness (QED) is 0.0815. The van der Waals surface area contributed by atoms with E-state index in [4.69, 9.17) is 0 Å². The third kappa shape index (κ3) is 32.9. The van der Waals surface area contributed by atoms with Crippen LogP contribution in [0.5, 0.6) is 0 Å². The van der Waals surface area contributed by atoms with E-state index >= 15 is 0 Å². The van der Waals surface area contributed by atoms with Crippen molar-refractivity contribution in [1.82, 2.24) is 0 Å². The second kappa shape index (κ2) is 33.1. The normalized spacial score (nSPS) is 10.1. The molecule has 43 heavy (non-hydrogen) atoms. The summed E-state index contributed by atoms with van der Waals surface area (Å²) in [5, 5.41) is 20.2. The Morgan fingerprint density at radius 2 is 0.744 bits per heavy atom. The number of hydrogen-bond acceptors (Lipinski definition) is 4. The monoisotopic (exact) mass is 700 g/mol. The van der Waals surface area contributed by atoms with Crippen molar-refractivity contribution in [2.75, 3.05) is 0 Å². The van der Waals surface area contributed by atoms with Crippen molar-refractivity contribution in [3.63, 3.8) is 0 Å². The molecule has 0 saturated carbocycles. The van der Waals surface area contributed by atoms with E-state index < -0.39 is 11.9 Å². The molecule has 2 aromatic carbocycles. The van der Waals surface area contributed by atoms with E-state index in [1.54, 1.807) is 0 Å². The Balaban J connectivity index is 0.000000617. The molecule has 0 amide bonds. The molecule has 240 valence electrons. The average molecular weight is 700 g/mol. The summed E-state index contributed by atoms with van der Waals surface area (Å²) < 4.78 is 2.69. The van der Waals surface area contributed by atoms with Crippen molar-refractivity contribution in [2.45, 2.75) is 151 Å². The Morgan fingerprint density at radius 3 is 1.02 bits per heavy atom. The van der Waals surface area contributed by atoms with Gasteiger partial charge in [0.2, 0.25) is 0 Å². The Kier molecular flexibility index (Phi) is 31.7. The molecule has 2 rings (SSSR count). The van der Waals surface area contributed by atoms with Gasteiger partial charge in [-0.15, -0.1) is 0 Å². The van der Waals surface area contributed by atoms with E-state index in [2.05, 4.69) is 74.5 Å². The summed E-state index contributed by atoms with van der Waals surface area (Å²) in [6.07, 6.45) is 22.3. The molecule has 2 aromatic rings. The molecule has 0 aliphatic rings. The van der Waals surface area contributed by atoms with E-state index in [0.29, 0.717) is 0 Å². The van der Waals surface area contributed by atoms with Crippen LogP contribution in [0.15, 0.2) is 60.7 Å². The van der Waals surface area contributed by atoms with Crippen LogP contribution in [0, 0.1) is 0 Å². The molecule has 0 N–H and O–H groups in total. The summed E-state index contributed by atoms with van der Waals surface area (Å²) in [4.78, 5) is 20.2. The summed E-state index contributed by atoms with van der Waals surface area (Å²) in [7, 11) is 0. The van der Waals surface area contributed by atoms with E-state index in [0.717, 1.165) is 25.7 Å². The van der Waals surface area contributed by atoms with E-state index in [9.17, 15) is 19.8 Å². The predicted octanol–water partition coefficient (Wildman–Crippen LogP) is 8.41. The molecule has 4 nitrogen and oxygen atoms in total. The number of aliphatic carboxylic acids is 2. The maximum absolute atomic E-state index is 10.1. The molecule has 0 aliphatic heterocycles. The minimum absolute atomic E-state index is 0.232. The first kappa shape index (κ1) is 41.2. The fourth-order valence-corrected chi connectivity index (χ4v) is 8.05. The molecule has 0 aliphatic carbocycles. The van der Waals surface area contributed by atoms with Crippen molar-refractivity contribution in [3.05, 3.63) is 71.8 Å². The van der Waals surface area contributed by atoms with Crippen LogP contribution in [0.3, 0.4) is 0 Å². The van der Waals surface area contributed by atoms with Crippen LogP contribution in [0.25, 0.3) is 0 Å². The minimum atomic E-state index is -0.909. The van der Waals surface area contributed by atoms with Crippen molar-refractivity contribution in [2.24, 2.45) is 0 Å². The van der Waals surface area contributed by atoms with E-state index in [-0.39, 0.29) is 34.0 Å². The van der Waals surface area contributed by atoms with Crippen LogP contribution >= 0.6 is 0 Å². The zero-order valence-electron chi connectivity index (χ0n) is 27.5. The summed E-state index contributed by atoms with van der Waals surface area (Å²) in [5.41, 5.74) is 3.03. The van der Waals surface area contributed by atoms with E-state index in [1.165, 1.54) is 110 Å². The molecule has 0 spiro atoms. The average Bonchev–Trinajstić information content (AvgIpc) is 3.01. The first-order valence-electron chi connectivity index (χ1n) is 17.2.